The Bertz CT molecular complexity index is 439. The van der Waals surface area contributed by atoms with Gasteiger partial charge in [-0.2, -0.15) is 0 Å². The Balaban J connectivity index is 2.28. The smallest absolute Gasteiger partial charge is 0.126 e. The molecule has 1 heterocycles. The second-order valence-electron chi connectivity index (χ2n) is 3.58. The molecule has 0 fully saturated rings. The Morgan fingerprint density at radius 2 is 1.87 bits per heavy atom. The van der Waals surface area contributed by atoms with Crippen LogP contribution in [0.25, 0.3) is 6.08 Å². The summed E-state index contributed by atoms with van der Waals surface area (Å²) in [5.41, 5.74) is 1.27. The van der Waals surface area contributed by atoms with Crippen LogP contribution in [0, 0.1) is 0 Å². The molecule has 0 aliphatic rings. The van der Waals surface area contributed by atoms with E-state index in [1.54, 1.807) is 6.08 Å². The maximum atomic E-state index is 5.63. The normalized spacial score (nSPS) is 12.3. The Morgan fingerprint density at radius 1 is 1.13 bits per heavy atom. The zero-order valence-electron chi connectivity index (χ0n) is 8.81. The first-order valence-electron chi connectivity index (χ1n) is 5.08. The lowest BCUT2D eigenvalue weighted by molar-refractivity contribution is 0.488. The van der Waals surface area contributed by atoms with Crippen LogP contribution in [-0.2, 0) is 0 Å². The Labute approximate surface area is 90.1 Å². The fourth-order valence-electron chi connectivity index (χ4n) is 1.62. The Kier molecular flexibility index (Phi) is 2.72. The maximum Gasteiger partial charge on any atom is 0.126 e. The number of benzene rings is 1. The summed E-state index contributed by atoms with van der Waals surface area (Å²) in [6.45, 7) is 5.82. The second-order valence-corrected chi connectivity index (χ2v) is 3.58. The molecule has 2 aromatic rings. The SMILES string of the molecule is C=Cc1ccc(C(C)c2ccccc2)o1. The van der Waals surface area contributed by atoms with Gasteiger partial charge in [0.15, 0.2) is 0 Å². The Morgan fingerprint density at radius 3 is 2.47 bits per heavy atom. The molecule has 0 bridgehead atoms. The molecule has 1 aromatic heterocycles. The van der Waals surface area contributed by atoms with E-state index in [1.807, 2.05) is 30.3 Å². The summed E-state index contributed by atoms with van der Waals surface area (Å²) in [6, 6.07) is 14.3. The van der Waals surface area contributed by atoms with Gasteiger partial charge in [-0.1, -0.05) is 43.8 Å². The Hall–Kier alpha value is -1.76. The minimum atomic E-state index is 0.292. The van der Waals surface area contributed by atoms with Gasteiger partial charge in [0.2, 0.25) is 0 Å². The molecule has 1 unspecified atom stereocenters. The summed E-state index contributed by atoms with van der Waals surface area (Å²) < 4.78 is 5.63. The standard InChI is InChI=1S/C14H14O/c1-3-13-9-10-14(15-13)11(2)12-7-5-4-6-8-12/h3-11H,1H2,2H3. The van der Waals surface area contributed by atoms with Gasteiger partial charge < -0.3 is 4.42 Å². The molecule has 0 aliphatic heterocycles. The molecule has 0 radical (unpaired) electrons. The van der Waals surface area contributed by atoms with Crippen LogP contribution in [0.5, 0.6) is 0 Å². The molecule has 0 amide bonds. The molecule has 0 saturated heterocycles. The van der Waals surface area contributed by atoms with Gasteiger partial charge in [-0.3, -0.25) is 0 Å². The number of rotatable bonds is 3. The van der Waals surface area contributed by atoms with Crippen molar-refractivity contribution in [3.05, 3.63) is 66.1 Å². The van der Waals surface area contributed by atoms with E-state index >= 15 is 0 Å². The van der Waals surface area contributed by atoms with Crippen molar-refractivity contribution < 1.29 is 4.42 Å². The zero-order chi connectivity index (χ0) is 10.7. The molecule has 0 spiro atoms. The summed E-state index contributed by atoms with van der Waals surface area (Å²) >= 11 is 0. The number of furan rings is 1. The third-order valence-electron chi connectivity index (χ3n) is 2.58. The molecule has 15 heavy (non-hydrogen) atoms. The van der Waals surface area contributed by atoms with Gasteiger partial charge in [0.05, 0.1) is 0 Å². The van der Waals surface area contributed by atoms with Gasteiger partial charge in [0, 0.05) is 5.92 Å². The van der Waals surface area contributed by atoms with Crippen LogP contribution in [0.3, 0.4) is 0 Å². The highest BCUT2D eigenvalue weighted by molar-refractivity contribution is 5.40. The van der Waals surface area contributed by atoms with Crippen LogP contribution in [0.1, 0.15) is 29.9 Å². The van der Waals surface area contributed by atoms with Crippen LogP contribution in [0.2, 0.25) is 0 Å². The highest BCUT2D eigenvalue weighted by atomic mass is 16.3. The van der Waals surface area contributed by atoms with Gasteiger partial charge in [0.1, 0.15) is 11.5 Å². The van der Waals surface area contributed by atoms with Crippen LogP contribution < -0.4 is 0 Å². The minimum Gasteiger partial charge on any atom is -0.461 e. The van der Waals surface area contributed by atoms with Crippen LogP contribution in [0.4, 0.5) is 0 Å². The average molecular weight is 198 g/mol. The summed E-state index contributed by atoms with van der Waals surface area (Å²) in [5.74, 6) is 2.10. The van der Waals surface area contributed by atoms with Crippen LogP contribution in [0.15, 0.2) is 53.5 Å². The molecule has 76 valence electrons. The molecule has 1 nitrogen and oxygen atoms in total. The molecular weight excluding hydrogens is 184 g/mol. The zero-order valence-corrected chi connectivity index (χ0v) is 8.81. The van der Waals surface area contributed by atoms with E-state index in [1.165, 1.54) is 5.56 Å². The van der Waals surface area contributed by atoms with E-state index in [9.17, 15) is 0 Å². The summed E-state index contributed by atoms with van der Waals surface area (Å²) in [7, 11) is 0. The van der Waals surface area contributed by atoms with Gasteiger partial charge in [-0.15, -0.1) is 0 Å². The maximum absolute atomic E-state index is 5.63. The van der Waals surface area contributed by atoms with Crippen molar-refractivity contribution in [1.29, 1.82) is 0 Å². The third kappa shape index (κ3) is 2.01. The molecule has 1 heteroatoms. The largest absolute Gasteiger partial charge is 0.461 e. The minimum absolute atomic E-state index is 0.292. The summed E-state index contributed by atoms with van der Waals surface area (Å²) in [6.07, 6.45) is 1.72. The predicted octanol–water partition coefficient (Wildman–Crippen LogP) is 4.07. The fourth-order valence-corrected chi connectivity index (χ4v) is 1.62. The lowest BCUT2D eigenvalue weighted by atomic mass is 9.99. The van der Waals surface area contributed by atoms with Gasteiger partial charge in [0.25, 0.3) is 0 Å². The van der Waals surface area contributed by atoms with Crippen molar-refractivity contribution in [2.75, 3.05) is 0 Å². The number of hydrogen-bond donors (Lipinski definition) is 0. The van der Waals surface area contributed by atoms with Crippen molar-refractivity contribution in [3.63, 3.8) is 0 Å². The third-order valence-corrected chi connectivity index (χ3v) is 2.58. The van der Waals surface area contributed by atoms with E-state index in [0.717, 1.165) is 11.5 Å². The molecular formula is C14H14O. The quantitative estimate of drug-likeness (QED) is 0.724. The average Bonchev–Trinajstić information content (AvgIpc) is 2.78. The van der Waals surface area contributed by atoms with E-state index in [4.69, 9.17) is 4.42 Å². The van der Waals surface area contributed by atoms with Gasteiger partial charge in [-0.05, 0) is 23.8 Å². The van der Waals surface area contributed by atoms with Crippen molar-refractivity contribution in [2.24, 2.45) is 0 Å². The van der Waals surface area contributed by atoms with Gasteiger partial charge >= 0.3 is 0 Å². The van der Waals surface area contributed by atoms with E-state index in [2.05, 4.69) is 25.6 Å². The molecule has 0 saturated carbocycles. The topological polar surface area (TPSA) is 13.1 Å². The molecule has 1 aromatic carbocycles. The first-order chi connectivity index (χ1) is 7.31. The van der Waals surface area contributed by atoms with Crippen molar-refractivity contribution in [2.45, 2.75) is 12.8 Å². The molecule has 0 N–H and O–H groups in total. The number of hydrogen-bond acceptors (Lipinski definition) is 1. The molecule has 2 rings (SSSR count). The van der Waals surface area contributed by atoms with E-state index < -0.39 is 0 Å². The monoisotopic (exact) mass is 198 g/mol. The first-order valence-corrected chi connectivity index (χ1v) is 5.08. The first kappa shape index (κ1) is 9.78. The van der Waals surface area contributed by atoms with Crippen LogP contribution >= 0.6 is 0 Å². The highest BCUT2D eigenvalue weighted by Crippen LogP contribution is 2.25. The predicted molar refractivity (Wildman–Crippen MR) is 62.8 cm³/mol. The molecule has 0 aliphatic carbocycles. The van der Waals surface area contributed by atoms with Crippen LogP contribution in [-0.4, -0.2) is 0 Å². The van der Waals surface area contributed by atoms with Gasteiger partial charge in [-0.25, -0.2) is 0 Å². The van der Waals surface area contributed by atoms with Crippen molar-refractivity contribution in [3.8, 4) is 0 Å². The highest BCUT2D eigenvalue weighted by Gasteiger charge is 2.11. The summed E-state index contributed by atoms with van der Waals surface area (Å²) in [4.78, 5) is 0. The summed E-state index contributed by atoms with van der Waals surface area (Å²) in [5, 5.41) is 0. The lowest BCUT2D eigenvalue weighted by Gasteiger charge is -2.08. The fraction of sp³-hybridized carbons (Fsp3) is 0.143. The lowest BCUT2D eigenvalue weighted by Crippen LogP contribution is -1.92. The van der Waals surface area contributed by atoms with E-state index in [0.29, 0.717) is 5.92 Å². The second kappa shape index (κ2) is 4.18. The molecule has 1 atom stereocenters. The van der Waals surface area contributed by atoms with Crippen molar-refractivity contribution in [1.82, 2.24) is 0 Å². The van der Waals surface area contributed by atoms with E-state index in [-0.39, 0.29) is 0 Å². The van der Waals surface area contributed by atoms with Crippen molar-refractivity contribution >= 4 is 6.08 Å².